The fraction of sp³-hybridized carbons (Fsp3) is 0.667. The van der Waals surface area contributed by atoms with Crippen LogP contribution in [0, 0.1) is 11.8 Å². The van der Waals surface area contributed by atoms with E-state index < -0.39 is 0 Å². The first kappa shape index (κ1) is 20.7. The Morgan fingerprint density at radius 3 is 2.58 bits per heavy atom. The van der Waals surface area contributed by atoms with E-state index in [0.29, 0.717) is 36.6 Å². The summed E-state index contributed by atoms with van der Waals surface area (Å²) in [7, 11) is 0. The first-order valence-electron chi connectivity index (χ1n) is 9.78. The number of nitrogens with one attached hydrogen (secondary N) is 1. The van der Waals surface area contributed by atoms with Gasteiger partial charge in [0.25, 0.3) is 5.91 Å². The molecule has 0 aliphatic carbocycles. The fourth-order valence-corrected chi connectivity index (χ4v) is 3.15. The van der Waals surface area contributed by atoms with Crippen LogP contribution >= 0.6 is 0 Å². The summed E-state index contributed by atoms with van der Waals surface area (Å²) in [5.41, 5.74) is 0.650. The molecule has 0 spiro atoms. The number of morpholine rings is 1. The summed E-state index contributed by atoms with van der Waals surface area (Å²) >= 11 is 0. The van der Waals surface area contributed by atoms with E-state index in [-0.39, 0.29) is 5.91 Å². The molecule has 1 aromatic rings. The molecule has 0 radical (unpaired) electrons. The van der Waals surface area contributed by atoms with Gasteiger partial charge in [-0.25, -0.2) is 0 Å². The Morgan fingerprint density at radius 1 is 1.19 bits per heavy atom. The molecule has 1 amide bonds. The van der Waals surface area contributed by atoms with E-state index in [1.807, 2.05) is 24.3 Å². The number of rotatable bonds is 9. The zero-order valence-electron chi connectivity index (χ0n) is 16.7. The molecule has 1 aliphatic rings. The second-order valence-corrected chi connectivity index (χ2v) is 7.87. The van der Waals surface area contributed by atoms with Crippen molar-refractivity contribution in [3.05, 3.63) is 29.8 Å². The molecule has 1 fully saturated rings. The average molecular weight is 363 g/mol. The lowest BCUT2D eigenvalue weighted by molar-refractivity contribution is 0.0124. The molecule has 1 aromatic carbocycles. The number of benzene rings is 1. The number of hydrogen-bond acceptors (Lipinski definition) is 4. The number of carbonyl (C=O) groups is 1. The van der Waals surface area contributed by atoms with Crippen LogP contribution in [-0.2, 0) is 4.74 Å². The summed E-state index contributed by atoms with van der Waals surface area (Å²) in [5, 5.41) is 3.12. The third kappa shape index (κ3) is 6.96. The van der Waals surface area contributed by atoms with Gasteiger partial charge in [-0.05, 0) is 36.5 Å². The molecule has 1 aliphatic heterocycles. The van der Waals surface area contributed by atoms with Crippen LogP contribution in [0.5, 0.6) is 5.75 Å². The van der Waals surface area contributed by atoms with E-state index in [1.165, 1.54) is 0 Å². The Labute approximate surface area is 158 Å². The molecule has 5 nitrogen and oxygen atoms in total. The molecule has 1 atom stereocenters. The topological polar surface area (TPSA) is 50.8 Å². The van der Waals surface area contributed by atoms with Crippen molar-refractivity contribution in [2.45, 2.75) is 40.2 Å². The molecule has 2 rings (SSSR count). The third-order valence-corrected chi connectivity index (χ3v) is 4.48. The van der Waals surface area contributed by atoms with E-state index >= 15 is 0 Å². The van der Waals surface area contributed by atoms with Crippen molar-refractivity contribution in [1.82, 2.24) is 10.2 Å². The zero-order chi connectivity index (χ0) is 18.9. The minimum atomic E-state index is -0.0398. The zero-order valence-corrected chi connectivity index (χ0v) is 16.7. The first-order chi connectivity index (χ1) is 12.5. The Hall–Kier alpha value is -1.59. The largest absolute Gasteiger partial charge is 0.493 e. The van der Waals surface area contributed by atoms with Crippen molar-refractivity contribution in [3.63, 3.8) is 0 Å². The molecule has 1 N–H and O–H groups in total. The molecular weight excluding hydrogens is 328 g/mol. The lowest BCUT2D eigenvalue weighted by Crippen LogP contribution is -2.49. The van der Waals surface area contributed by atoms with Crippen LogP contribution in [-0.4, -0.2) is 56.3 Å². The molecule has 1 saturated heterocycles. The van der Waals surface area contributed by atoms with Crippen LogP contribution < -0.4 is 10.1 Å². The summed E-state index contributed by atoms with van der Waals surface area (Å²) in [6, 6.07) is 7.78. The van der Waals surface area contributed by atoms with Gasteiger partial charge in [0.2, 0.25) is 0 Å². The van der Waals surface area contributed by atoms with E-state index in [2.05, 4.69) is 37.9 Å². The molecule has 1 heterocycles. The Balaban J connectivity index is 1.93. The van der Waals surface area contributed by atoms with Gasteiger partial charge < -0.3 is 14.8 Å². The average Bonchev–Trinajstić information content (AvgIpc) is 2.64. The SMILES string of the molecule is CC(C)COc1cccc(C(=O)NCC(CC(C)C)N2CCOCC2)c1. The number of carbonyl (C=O) groups excluding carboxylic acids is 1. The smallest absolute Gasteiger partial charge is 0.251 e. The van der Waals surface area contributed by atoms with Crippen LogP contribution in [0.1, 0.15) is 44.5 Å². The van der Waals surface area contributed by atoms with E-state index in [4.69, 9.17) is 9.47 Å². The molecule has 146 valence electrons. The normalized spacial score (nSPS) is 16.7. The van der Waals surface area contributed by atoms with Crippen LogP contribution in [0.25, 0.3) is 0 Å². The maximum absolute atomic E-state index is 12.6. The van der Waals surface area contributed by atoms with Crippen LogP contribution in [0.15, 0.2) is 24.3 Å². The van der Waals surface area contributed by atoms with Gasteiger partial charge in [0.15, 0.2) is 0 Å². The van der Waals surface area contributed by atoms with Crippen LogP contribution in [0.2, 0.25) is 0 Å². The monoisotopic (exact) mass is 362 g/mol. The van der Waals surface area contributed by atoms with Crippen LogP contribution in [0.3, 0.4) is 0 Å². The van der Waals surface area contributed by atoms with E-state index in [0.717, 1.165) is 38.5 Å². The van der Waals surface area contributed by atoms with E-state index in [9.17, 15) is 4.79 Å². The molecule has 5 heteroatoms. The van der Waals surface area contributed by atoms with Gasteiger partial charge in [-0.1, -0.05) is 33.8 Å². The standard InChI is InChI=1S/C21H34N2O3/c1-16(2)12-19(23-8-10-25-11-9-23)14-22-21(24)18-6-5-7-20(13-18)26-15-17(3)4/h5-7,13,16-17,19H,8-12,14-15H2,1-4H3,(H,22,24). The van der Waals surface area contributed by atoms with Gasteiger partial charge >= 0.3 is 0 Å². The maximum Gasteiger partial charge on any atom is 0.251 e. The summed E-state index contributed by atoms with van der Waals surface area (Å²) in [5.74, 6) is 1.76. The highest BCUT2D eigenvalue weighted by molar-refractivity contribution is 5.94. The molecule has 0 bridgehead atoms. The van der Waals surface area contributed by atoms with Crippen molar-refractivity contribution in [3.8, 4) is 5.75 Å². The Morgan fingerprint density at radius 2 is 1.92 bits per heavy atom. The second kappa shape index (κ2) is 10.5. The highest BCUT2D eigenvalue weighted by atomic mass is 16.5. The summed E-state index contributed by atoms with van der Waals surface area (Å²) in [6.45, 7) is 13.4. The van der Waals surface area contributed by atoms with Crippen LogP contribution in [0.4, 0.5) is 0 Å². The van der Waals surface area contributed by atoms with Crippen molar-refractivity contribution in [1.29, 1.82) is 0 Å². The minimum absolute atomic E-state index is 0.0398. The lowest BCUT2D eigenvalue weighted by atomic mass is 10.0. The van der Waals surface area contributed by atoms with Crippen molar-refractivity contribution in [2.75, 3.05) is 39.5 Å². The van der Waals surface area contributed by atoms with Crippen molar-refractivity contribution >= 4 is 5.91 Å². The predicted molar refractivity (Wildman–Crippen MR) is 105 cm³/mol. The predicted octanol–water partition coefficient (Wildman–Crippen LogP) is 3.20. The van der Waals surface area contributed by atoms with E-state index in [1.54, 1.807) is 0 Å². The maximum atomic E-state index is 12.6. The lowest BCUT2D eigenvalue weighted by Gasteiger charge is -2.35. The van der Waals surface area contributed by atoms with Gasteiger partial charge in [0.1, 0.15) is 5.75 Å². The van der Waals surface area contributed by atoms with Gasteiger partial charge in [0.05, 0.1) is 19.8 Å². The molecule has 26 heavy (non-hydrogen) atoms. The first-order valence-corrected chi connectivity index (χ1v) is 9.78. The highest BCUT2D eigenvalue weighted by Crippen LogP contribution is 2.16. The Bertz CT molecular complexity index is 554. The number of ether oxygens (including phenoxy) is 2. The molecular formula is C21H34N2O3. The quantitative estimate of drug-likeness (QED) is 0.733. The third-order valence-electron chi connectivity index (χ3n) is 4.48. The highest BCUT2D eigenvalue weighted by Gasteiger charge is 2.22. The van der Waals surface area contributed by atoms with Gasteiger partial charge in [-0.3, -0.25) is 9.69 Å². The summed E-state index contributed by atoms with van der Waals surface area (Å²) in [4.78, 5) is 15.0. The fourth-order valence-electron chi connectivity index (χ4n) is 3.15. The molecule has 0 saturated carbocycles. The molecule has 1 unspecified atom stereocenters. The number of nitrogens with zero attached hydrogens (tertiary/aromatic N) is 1. The Kier molecular flexibility index (Phi) is 8.39. The second-order valence-electron chi connectivity index (χ2n) is 7.87. The molecule has 0 aromatic heterocycles. The van der Waals surface area contributed by atoms with Crippen molar-refractivity contribution < 1.29 is 14.3 Å². The number of amides is 1. The van der Waals surface area contributed by atoms with Crippen molar-refractivity contribution in [2.24, 2.45) is 11.8 Å². The van der Waals surface area contributed by atoms with Gasteiger partial charge in [-0.15, -0.1) is 0 Å². The van der Waals surface area contributed by atoms with Gasteiger partial charge in [0, 0.05) is 31.2 Å². The number of hydrogen-bond donors (Lipinski definition) is 1. The summed E-state index contributed by atoms with van der Waals surface area (Å²) < 4.78 is 11.2. The summed E-state index contributed by atoms with van der Waals surface area (Å²) in [6.07, 6.45) is 1.07. The minimum Gasteiger partial charge on any atom is -0.493 e. The van der Waals surface area contributed by atoms with Gasteiger partial charge in [-0.2, -0.15) is 0 Å².